The molecule has 1 amide bonds. The Kier molecular flexibility index (Phi) is 5.20. The van der Waals surface area contributed by atoms with Crippen molar-refractivity contribution in [1.82, 2.24) is 16.0 Å². The highest BCUT2D eigenvalue weighted by Crippen LogP contribution is 2.30. The van der Waals surface area contributed by atoms with Crippen LogP contribution < -0.4 is 16.0 Å². The first-order valence-electron chi connectivity index (χ1n) is 8.79. The van der Waals surface area contributed by atoms with Crippen LogP contribution in [0.4, 0.5) is 0 Å². The third kappa shape index (κ3) is 3.73. The summed E-state index contributed by atoms with van der Waals surface area (Å²) in [5.74, 6) is 1.10. The van der Waals surface area contributed by atoms with Gasteiger partial charge in [0.15, 0.2) is 0 Å². The molecule has 2 saturated heterocycles. The van der Waals surface area contributed by atoms with Crippen molar-refractivity contribution in [1.29, 1.82) is 0 Å². The molecule has 0 saturated carbocycles. The van der Waals surface area contributed by atoms with Gasteiger partial charge in [0.1, 0.15) is 17.3 Å². The van der Waals surface area contributed by atoms with Gasteiger partial charge in [-0.2, -0.15) is 0 Å². The number of carbonyl (C=O) groups is 2. The van der Waals surface area contributed by atoms with E-state index >= 15 is 0 Å². The first-order valence-corrected chi connectivity index (χ1v) is 9.84. The van der Waals surface area contributed by atoms with Gasteiger partial charge < -0.3 is 19.8 Å². The number of benzene rings is 1. The van der Waals surface area contributed by atoms with Gasteiger partial charge in [-0.15, -0.1) is 11.8 Å². The Balaban J connectivity index is 1.41. The Labute approximate surface area is 161 Å². The molecule has 142 valence electrons. The molecule has 2 aliphatic rings. The summed E-state index contributed by atoms with van der Waals surface area (Å²) in [7, 11) is 1.32. The first kappa shape index (κ1) is 18.1. The Morgan fingerprint density at radius 2 is 2.07 bits per heavy atom. The summed E-state index contributed by atoms with van der Waals surface area (Å²) < 4.78 is 10.1. The van der Waals surface area contributed by atoms with Crippen molar-refractivity contribution in [2.45, 2.75) is 29.3 Å². The molecule has 0 aliphatic carbocycles. The molecule has 2 aromatic rings. The van der Waals surface area contributed by atoms with Crippen LogP contribution in [-0.2, 0) is 15.3 Å². The molecule has 3 heterocycles. The minimum absolute atomic E-state index is 0.00405. The van der Waals surface area contributed by atoms with Crippen molar-refractivity contribution < 1.29 is 18.7 Å². The van der Waals surface area contributed by atoms with Crippen molar-refractivity contribution in [3.8, 4) is 0 Å². The lowest BCUT2D eigenvalue weighted by Crippen LogP contribution is -2.64. The highest BCUT2D eigenvalue weighted by Gasteiger charge is 2.45. The van der Waals surface area contributed by atoms with E-state index in [1.807, 2.05) is 18.2 Å². The summed E-state index contributed by atoms with van der Waals surface area (Å²) in [6, 6.07) is 13.4. The molecule has 2 aliphatic heterocycles. The summed E-state index contributed by atoms with van der Waals surface area (Å²) in [5, 5.41) is 9.85. The van der Waals surface area contributed by atoms with Crippen molar-refractivity contribution in [2.75, 3.05) is 13.7 Å². The molecule has 0 radical (unpaired) electrons. The van der Waals surface area contributed by atoms with Crippen molar-refractivity contribution in [2.24, 2.45) is 0 Å². The van der Waals surface area contributed by atoms with E-state index in [9.17, 15) is 9.59 Å². The fourth-order valence-corrected chi connectivity index (χ4v) is 4.53. The van der Waals surface area contributed by atoms with Crippen LogP contribution in [0.5, 0.6) is 0 Å². The predicted octanol–water partition coefficient (Wildman–Crippen LogP) is 1.43. The number of nitrogens with one attached hydrogen (secondary N) is 3. The molecule has 0 bridgehead atoms. The quantitative estimate of drug-likeness (QED) is 0.669. The number of thioether (sulfide) groups is 1. The third-order valence-corrected chi connectivity index (χ3v) is 5.96. The van der Waals surface area contributed by atoms with Gasteiger partial charge in [0.05, 0.1) is 12.9 Å². The second-order valence-corrected chi connectivity index (χ2v) is 7.65. The zero-order valence-corrected chi connectivity index (χ0v) is 15.6. The maximum atomic E-state index is 12.5. The molecule has 0 spiro atoms. The molecule has 2 fully saturated rings. The lowest BCUT2D eigenvalue weighted by molar-refractivity contribution is -0.125. The van der Waals surface area contributed by atoms with Crippen LogP contribution >= 0.6 is 11.8 Å². The minimum atomic E-state index is -0.499. The number of fused-ring (bicyclic) bond motifs is 1. The van der Waals surface area contributed by atoms with Gasteiger partial charge in [-0.1, -0.05) is 30.3 Å². The zero-order chi connectivity index (χ0) is 18.8. The third-order valence-electron chi connectivity index (χ3n) is 4.92. The molecular weight excluding hydrogens is 366 g/mol. The Bertz CT molecular complexity index is 825. The number of hydrogen-bond donors (Lipinski definition) is 3. The van der Waals surface area contributed by atoms with Gasteiger partial charge in [-0.3, -0.25) is 10.1 Å². The van der Waals surface area contributed by atoms with Crippen molar-refractivity contribution in [3.05, 3.63) is 59.5 Å². The van der Waals surface area contributed by atoms with Gasteiger partial charge in [-0.05, 0) is 17.7 Å². The largest absolute Gasteiger partial charge is 0.463 e. The molecule has 27 heavy (non-hydrogen) atoms. The summed E-state index contributed by atoms with van der Waals surface area (Å²) in [4.78, 5) is 24.0. The van der Waals surface area contributed by atoms with Crippen LogP contribution in [0.1, 0.15) is 27.8 Å². The van der Waals surface area contributed by atoms with Crippen LogP contribution in [-0.4, -0.2) is 43.1 Å². The number of methoxy groups -OCH3 is 1. The SMILES string of the molecule is COC(=O)c1ccc(CSC2NC(=O)C3NCC(c4ccccc4)C3N2)o1. The molecule has 4 atom stereocenters. The average Bonchev–Trinajstić information content (AvgIpc) is 3.34. The normalized spacial score (nSPS) is 27.1. The molecule has 1 aromatic carbocycles. The smallest absolute Gasteiger partial charge is 0.373 e. The van der Waals surface area contributed by atoms with E-state index in [1.54, 1.807) is 12.1 Å². The van der Waals surface area contributed by atoms with Gasteiger partial charge in [0.25, 0.3) is 0 Å². The standard InChI is InChI=1S/C19H21N3O4S/c1-25-18(24)14-8-7-12(26-14)10-27-19-21-15-13(11-5-3-2-4-6-11)9-20-16(15)17(23)22-19/h2-8,13,15-16,19-21H,9-10H2,1H3,(H,22,23). The molecule has 3 N–H and O–H groups in total. The van der Waals surface area contributed by atoms with Gasteiger partial charge in [0.2, 0.25) is 11.7 Å². The van der Waals surface area contributed by atoms with Crippen LogP contribution in [0.15, 0.2) is 46.9 Å². The molecule has 1 aromatic heterocycles. The minimum Gasteiger partial charge on any atom is -0.463 e. The van der Waals surface area contributed by atoms with Gasteiger partial charge in [0, 0.05) is 18.5 Å². The van der Waals surface area contributed by atoms with Crippen LogP contribution in [0.2, 0.25) is 0 Å². The Hall–Kier alpha value is -2.29. The maximum absolute atomic E-state index is 12.5. The maximum Gasteiger partial charge on any atom is 0.373 e. The number of esters is 1. The highest BCUT2D eigenvalue weighted by atomic mass is 32.2. The molecule has 7 nitrogen and oxygen atoms in total. The van der Waals surface area contributed by atoms with E-state index in [0.717, 1.165) is 6.54 Å². The van der Waals surface area contributed by atoms with Gasteiger partial charge >= 0.3 is 5.97 Å². The number of rotatable bonds is 5. The van der Waals surface area contributed by atoms with Crippen LogP contribution in [0.25, 0.3) is 0 Å². The van der Waals surface area contributed by atoms with Crippen molar-refractivity contribution >= 4 is 23.6 Å². The van der Waals surface area contributed by atoms with E-state index in [2.05, 4.69) is 32.8 Å². The Morgan fingerprint density at radius 3 is 2.85 bits per heavy atom. The fraction of sp³-hybridized carbons (Fsp3) is 0.368. The van der Waals surface area contributed by atoms with E-state index in [-0.39, 0.29) is 35.2 Å². The van der Waals surface area contributed by atoms with Crippen molar-refractivity contribution in [3.63, 3.8) is 0 Å². The number of ether oxygens (including phenoxy) is 1. The van der Waals surface area contributed by atoms with E-state index in [4.69, 9.17) is 4.42 Å². The second-order valence-electron chi connectivity index (χ2n) is 6.55. The number of carbonyl (C=O) groups excluding carboxylic acids is 2. The Morgan fingerprint density at radius 1 is 1.26 bits per heavy atom. The summed E-state index contributed by atoms with van der Waals surface area (Å²) in [6.07, 6.45) is 0. The predicted molar refractivity (Wildman–Crippen MR) is 101 cm³/mol. The number of furan rings is 1. The van der Waals surface area contributed by atoms with Gasteiger partial charge in [-0.25, -0.2) is 4.79 Å². The number of hydrogen-bond acceptors (Lipinski definition) is 7. The zero-order valence-electron chi connectivity index (χ0n) is 14.8. The van der Waals surface area contributed by atoms with E-state index < -0.39 is 5.97 Å². The topological polar surface area (TPSA) is 92.6 Å². The van der Waals surface area contributed by atoms with E-state index in [0.29, 0.717) is 11.5 Å². The first-order chi connectivity index (χ1) is 13.2. The summed E-state index contributed by atoms with van der Waals surface area (Å²) in [6.45, 7) is 0.762. The monoisotopic (exact) mass is 387 g/mol. The number of amides is 1. The fourth-order valence-electron chi connectivity index (χ4n) is 3.59. The van der Waals surface area contributed by atoms with Crippen LogP contribution in [0.3, 0.4) is 0 Å². The van der Waals surface area contributed by atoms with E-state index in [1.165, 1.54) is 24.4 Å². The van der Waals surface area contributed by atoms with Crippen LogP contribution in [0, 0.1) is 0 Å². The molecular formula is C19H21N3O4S. The summed E-state index contributed by atoms with van der Waals surface area (Å²) >= 11 is 1.52. The summed E-state index contributed by atoms with van der Waals surface area (Å²) in [5.41, 5.74) is 0.994. The molecule has 8 heteroatoms. The second kappa shape index (κ2) is 7.75. The lowest BCUT2D eigenvalue weighted by Gasteiger charge is -2.35. The highest BCUT2D eigenvalue weighted by molar-refractivity contribution is 7.99. The lowest BCUT2D eigenvalue weighted by atomic mass is 9.90. The molecule has 4 rings (SSSR count). The average molecular weight is 387 g/mol. The molecule has 4 unspecified atom stereocenters.